The fourth-order valence-electron chi connectivity index (χ4n) is 3.26. The fraction of sp³-hybridized carbons (Fsp3) is 0.136. The van der Waals surface area contributed by atoms with Crippen molar-refractivity contribution in [3.8, 4) is 0 Å². The molecule has 4 aromatic rings. The van der Waals surface area contributed by atoms with Gasteiger partial charge < -0.3 is 9.88 Å². The molecule has 0 aliphatic carbocycles. The van der Waals surface area contributed by atoms with Crippen molar-refractivity contribution in [2.24, 2.45) is 0 Å². The number of carbonyl (C=O) groups excluding carboxylic acids is 1. The highest BCUT2D eigenvalue weighted by Gasteiger charge is 2.21. The highest BCUT2D eigenvalue weighted by molar-refractivity contribution is 6.31. The maximum atomic E-state index is 14.4. The van der Waals surface area contributed by atoms with Crippen LogP contribution in [0.3, 0.4) is 0 Å². The van der Waals surface area contributed by atoms with Crippen molar-refractivity contribution < 1.29 is 9.18 Å². The van der Waals surface area contributed by atoms with Gasteiger partial charge in [-0.3, -0.25) is 9.78 Å². The topological polar surface area (TPSA) is 59.8 Å². The minimum atomic E-state index is -0.428. The first-order valence-corrected chi connectivity index (χ1v) is 9.52. The van der Waals surface area contributed by atoms with Crippen LogP contribution < -0.4 is 5.32 Å². The van der Waals surface area contributed by atoms with Crippen LogP contribution in [-0.2, 0) is 6.54 Å². The molecule has 5 nitrogen and oxygen atoms in total. The first kappa shape index (κ1) is 19.1. The number of amides is 1. The van der Waals surface area contributed by atoms with Gasteiger partial charge in [0.1, 0.15) is 17.3 Å². The van der Waals surface area contributed by atoms with E-state index < -0.39 is 6.04 Å². The predicted molar refractivity (Wildman–Crippen MR) is 110 cm³/mol. The van der Waals surface area contributed by atoms with Gasteiger partial charge in [-0.25, -0.2) is 9.37 Å². The summed E-state index contributed by atoms with van der Waals surface area (Å²) in [7, 11) is 0. The third kappa shape index (κ3) is 3.84. The molecular weight excluding hydrogens is 391 g/mol. The van der Waals surface area contributed by atoms with Gasteiger partial charge >= 0.3 is 0 Å². The molecule has 0 saturated heterocycles. The van der Waals surface area contributed by atoms with Gasteiger partial charge in [-0.05, 0) is 43.3 Å². The van der Waals surface area contributed by atoms with Crippen LogP contribution in [0.5, 0.6) is 0 Å². The first-order chi connectivity index (χ1) is 14.0. The first-order valence-electron chi connectivity index (χ1n) is 9.14. The van der Waals surface area contributed by atoms with Gasteiger partial charge in [0.15, 0.2) is 0 Å². The number of halogens is 2. The lowest BCUT2D eigenvalue weighted by Crippen LogP contribution is -2.29. The van der Waals surface area contributed by atoms with E-state index in [0.717, 1.165) is 11.0 Å². The van der Waals surface area contributed by atoms with E-state index in [-0.39, 0.29) is 18.3 Å². The maximum Gasteiger partial charge on any atom is 0.270 e. The van der Waals surface area contributed by atoms with Gasteiger partial charge in [0.2, 0.25) is 0 Å². The summed E-state index contributed by atoms with van der Waals surface area (Å²) in [6.07, 6.45) is 1.56. The van der Waals surface area contributed by atoms with Crippen LogP contribution in [0.4, 0.5) is 4.39 Å². The number of nitrogens with one attached hydrogen (secondary N) is 1. The van der Waals surface area contributed by atoms with E-state index in [1.54, 1.807) is 36.5 Å². The molecule has 1 unspecified atom stereocenters. The Labute approximate surface area is 172 Å². The molecular formula is C22H18ClFN4O. The lowest BCUT2D eigenvalue weighted by Gasteiger charge is -2.17. The second-order valence-electron chi connectivity index (χ2n) is 6.66. The van der Waals surface area contributed by atoms with Crippen molar-refractivity contribution in [1.82, 2.24) is 19.9 Å². The van der Waals surface area contributed by atoms with E-state index in [0.29, 0.717) is 22.1 Å². The predicted octanol–water partition coefficient (Wildman–Crippen LogP) is 4.76. The molecule has 146 valence electrons. The Balaban J connectivity index is 1.72. The largest absolute Gasteiger partial charge is 0.341 e. The molecule has 2 heterocycles. The molecule has 2 aromatic heterocycles. The van der Waals surface area contributed by atoms with Crippen LogP contribution in [0.1, 0.15) is 34.8 Å². The summed E-state index contributed by atoms with van der Waals surface area (Å²) in [5, 5.41) is 3.26. The Bertz CT molecular complexity index is 1160. The number of hydrogen-bond donors (Lipinski definition) is 1. The maximum absolute atomic E-state index is 14.4. The van der Waals surface area contributed by atoms with Crippen LogP contribution in [0.25, 0.3) is 11.0 Å². The average molecular weight is 409 g/mol. The Hall–Kier alpha value is -3.25. The number of pyridine rings is 1. The second-order valence-corrected chi connectivity index (χ2v) is 7.06. The van der Waals surface area contributed by atoms with Gasteiger partial charge in [-0.2, -0.15) is 0 Å². The number of rotatable bonds is 5. The van der Waals surface area contributed by atoms with Crippen molar-refractivity contribution in [3.05, 3.63) is 94.8 Å². The summed E-state index contributed by atoms with van der Waals surface area (Å²) in [4.78, 5) is 21.3. The van der Waals surface area contributed by atoms with Gasteiger partial charge in [0.05, 0.1) is 23.6 Å². The smallest absolute Gasteiger partial charge is 0.270 e. The number of fused-ring (bicyclic) bond motifs is 1. The number of hydrogen-bond acceptors (Lipinski definition) is 3. The summed E-state index contributed by atoms with van der Waals surface area (Å²) in [6, 6.07) is 16.9. The molecule has 29 heavy (non-hydrogen) atoms. The Kier molecular flexibility index (Phi) is 5.27. The number of carbonyl (C=O) groups is 1. The molecule has 7 heteroatoms. The summed E-state index contributed by atoms with van der Waals surface area (Å²) in [5.74, 6) is -0.0816. The van der Waals surface area contributed by atoms with Crippen molar-refractivity contribution >= 4 is 28.5 Å². The third-order valence-corrected chi connectivity index (χ3v) is 5.05. The standard InChI is InChI=1S/C22H18ClFN4O/c1-14(26-22(29)19-10-4-5-12-25-19)21-27-18-9-2-3-11-20(18)28(21)13-15-16(23)7-6-8-17(15)24/h2-12,14H,13H2,1H3,(H,26,29). The number of para-hydroxylation sites is 2. The van der Waals surface area contributed by atoms with Crippen LogP contribution in [-0.4, -0.2) is 20.4 Å². The average Bonchev–Trinajstić information content (AvgIpc) is 3.10. The van der Waals surface area contributed by atoms with Crippen molar-refractivity contribution in [3.63, 3.8) is 0 Å². The monoisotopic (exact) mass is 408 g/mol. The van der Waals surface area contributed by atoms with Crippen LogP contribution in [0.15, 0.2) is 66.9 Å². The van der Waals surface area contributed by atoms with Gasteiger partial charge in [-0.1, -0.05) is 35.9 Å². The zero-order valence-electron chi connectivity index (χ0n) is 15.6. The summed E-state index contributed by atoms with van der Waals surface area (Å²) < 4.78 is 16.3. The molecule has 0 radical (unpaired) electrons. The summed E-state index contributed by atoms with van der Waals surface area (Å²) in [6.45, 7) is 2.03. The molecule has 0 bridgehead atoms. The van der Waals surface area contributed by atoms with Crippen LogP contribution in [0.2, 0.25) is 5.02 Å². The van der Waals surface area contributed by atoms with E-state index in [4.69, 9.17) is 11.6 Å². The number of imidazole rings is 1. The molecule has 1 atom stereocenters. The molecule has 0 aliphatic rings. The molecule has 1 N–H and O–H groups in total. The Morgan fingerprint density at radius 3 is 2.69 bits per heavy atom. The van der Waals surface area contributed by atoms with E-state index in [2.05, 4.69) is 15.3 Å². The van der Waals surface area contributed by atoms with E-state index >= 15 is 0 Å². The molecule has 0 saturated carbocycles. The lowest BCUT2D eigenvalue weighted by atomic mass is 10.2. The fourth-order valence-corrected chi connectivity index (χ4v) is 3.49. The Morgan fingerprint density at radius 1 is 1.14 bits per heavy atom. The lowest BCUT2D eigenvalue weighted by molar-refractivity contribution is 0.0932. The van der Waals surface area contributed by atoms with Gasteiger partial charge in [-0.15, -0.1) is 0 Å². The van der Waals surface area contributed by atoms with E-state index in [1.165, 1.54) is 6.07 Å². The minimum absolute atomic E-state index is 0.200. The van der Waals surface area contributed by atoms with Gasteiger partial charge in [0.25, 0.3) is 5.91 Å². The van der Waals surface area contributed by atoms with E-state index in [9.17, 15) is 9.18 Å². The molecule has 0 fully saturated rings. The quantitative estimate of drug-likeness (QED) is 0.517. The summed E-state index contributed by atoms with van der Waals surface area (Å²) in [5.41, 5.74) is 2.29. The second kappa shape index (κ2) is 8.01. The van der Waals surface area contributed by atoms with Crippen molar-refractivity contribution in [2.75, 3.05) is 0 Å². The molecule has 2 aromatic carbocycles. The van der Waals surface area contributed by atoms with Crippen molar-refractivity contribution in [2.45, 2.75) is 19.5 Å². The minimum Gasteiger partial charge on any atom is -0.341 e. The Morgan fingerprint density at radius 2 is 1.93 bits per heavy atom. The van der Waals surface area contributed by atoms with Crippen LogP contribution in [0, 0.1) is 5.82 Å². The third-order valence-electron chi connectivity index (χ3n) is 4.69. The number of nitrogens with zero attached hydrogens (tertiary/aromatic N) is 3. The number of benzene rings is 2. The SMILES string of the molecule is CC(NC(=O)c1ccccn1)c1nc2ccccc2n1Cc1c(F)cccc1Cl. The summed E-state index contributed by atoms with van der Waals surface area (Å²) >= 11 is 6.24. The number of aromatic nitrogens is 3. The zero-order chi connectivity index (χ0) is 20.4. The molecule has 0 spiro atoms. The normalized spacial score (nSPS) is 12.1. The van der Waals surface area contributed by atoms with E-state index in [1.807, 2.05) is 35.8 Å². The van der Waals surface area contributed by atoms with Crippen LogP contribution >= 0.6 is 11.6 Å². The van der Waals surface area contributed by atoms with Gasteiger partial charge in [0, 0.05) is 16.8 Å². The highest BCUT2D eigenvalue weighted by Crippen LogP contribution is 2.26. The van der Waals surface area contributed by atoms with Crippen molar-refractivity contribution in [1.29, 1.82) is 0 Å². The highest BCUT2D eigenvalue weighted by atomic mass is 35.5. The molecule has 0 aliphatic heterocycles. The zero-order valence-corrected chi connectivity index (χ0v) is 16.4. The molecule has 4 rings (SSSR count). The molecule has 1 amide bonds.